The van der Waals surface area contributed by atoms with E-state index < -0.39 is 28.7 Å². The van der Waals surface area contributed by atoms with Crippen LogP contribution in [0.3, 0.4) is 0 Å². The third-order valence-electron chi connectivity index (χ3n) is 8.83. The van der Waals surface area contributed by atoms with Crippen molar-refractivity contribution < 1.29 is 19.5 Å². The summed E-state index contributed by atoms with van der Waals surface area (Å²) in [5, 5.41) is 10.9. The predicted octanol–water partition coefficient (Wildman–Crippen LogP) is 4.39. The second-order valence-corrected chi connectivity index (χ2v) is 13.1. The van der Waals surface area contributed by atoms with E-state index in [1.54, 1.807) is 27.6 Å². The van der Waals surface area contributed by atoms with E-state index in [0.29, 0.717) is 23.8 Å². The van der Waals surface area contributed by atoms with Gasteiger partial charge in [0.25, 0.3) is 5.91 Å². The number of halogens is 1. The molecule has 0 bridgehead atoms. The first kappa shape index (κ1) is 28.1. The minimum Gasteiger partial charge on any atom is -0.394 e. The molecule has 0 aromatic heterocycles. The van der Waals surface area contributed by atoms with E-state index >= 15 is 0 Å². The summed E-state index contributed by atoms with van der Waals surface area (Å²) in [4.78, 5) is 48.6. The van der Waals surface area contributed by atoms with Crippen molar-refractivity contribution in [1.29, 1.82) is 0 Å². The predicted molar refractivity (Wildman–Crippen MR) is 162 cm³/mol. The molecule has 0 radical (unpaired) electrons. The first-order chi connectivity index (χ1) is 19.8. The Morgan fingerprint density at radius 3 is 2.51 bits per heavy atom. The van der Waals surface area contributed by atoms with Crippen molar-refractivity contribution in [2.24, 2.45) is 11.8 Å². The number of fused-ring (bicyclic) bond motifs is 2. The van der Waals surface area contributed by atoms with Gasteiger partial charge in [0.15, 0.2) is 0 Å². The van der Waals surface area contributed by atoms with Crippen molar-refractivity contribution in [3.05, 3.63) is 89.0 Å². The average Bonchev–Trinajstić information content (AvgIpc) is 3.28. The van der Waals surface area contributed by atoms with Gasteiger partial charge in [-0.3, -0.25) is 14.4 Å². The molecule has 2 fully saturated rings. The van der Waals surface area contributed by atoms with Gasteiger partial charge in [-0.25, -0.2) is 0 Å². The molecule has 0 saturated carbocycles. The molecule has 2 aromatic rings. The summed E-state index contributed by atoms with van der Waals surface area (Å²) >= 11 is 8.21. The molecule has 7 nitrogen and oxygen atoms in total. The summed E-state index contributed by atoms with van der Waals surface area (Å²) in [7, 11) is 0. The molecule has 1 unspecified atom stereocenters. The molecule has 6 atom stereocenters. The molecular weight excluding hydrogens is 558 g/mol. The number of aryl methyl sites for hydroxylation is 1. The Bertz CT molecular complexity index is 1410. The number of hydrogen-bond acceptors (Lipinski definition) is 5. The molecule has 1 spiro atoms. The van der Waals surface area contributed by atoms with Gasteiger partial charge in [0.05, 0.1) is 39.9 Å². The fraction of sp³-hybridized carbons (Fsp3) is 0.406. The molecule has 2 saturated heterocycles. The van der Waals surface area contributed by atoms with Crippen molar-refractivity contribution in [2.45, 2.75) is 42.3 Å². The molecule has 41 heavy (non-hydrogen) atoms. The average molecular weight is 592 g/mol. The van der Waals surface area contributed by atoms with Gasteiger partial charge >= 0.3 is 0 Å². The normalized spacial score (nSPS) is 29.8. The number of aliphatic hydroxyl groups is 1. The summed E-state index contributed by atoms with van der Waals surface area (Å²) in [5.41, 5.74) is 2.20. The van der Waals surface area contributed by atoms with E-state index in [9.17, 15) is 19.5 Å². The maximum absolute atomic E-state index is 14.8. The van der Waals surface area contributed by atoms with Crippen molar-refractivity contribution in [3.8, 4) is 0 Å². The Labute approximate surface area is 249 Å². The lowest BCUT2D eigenvalue weighted by Crippen LogP contribution is -2.54. The van der Waals surface area contributed by atoms with Gasteiger partial charge in [0.1, 0.15) is 6.04 Å². The van der Waals surface area contributed by atoms with Crippen LogP contribution in [0.1, 0.15) is 30.5 Å². The Kier molecular flexibility index (Phi) is 7.51. The summed E-state index contributed by atoms with van der Waals surface area (Å²) in [6, 6.07) is 13.1. The van der Waals surface area contributed by atoms with Gasteiger partial charge in [-0.05, 0) is 30.5 Å². The minimum atomic E-state index is -0.981. The van der Waals surface area contributed by atoms with Gasteiger partial charge in [0, 0.05) is 24.9 Å². The number of carbonyl (C=O) groups is 3. The monoisotopic (exact) mass is 591 g/mol. The summed E-state index contributed by atoms with van der Waals surface area (Å²) < 4.78 is -0.981. The van der Waals surface area contributed by atoms with Crippen molar-refractivity contribution in [3.63, 3.8) is 0 Å². The highest BCUT2D eigenvalue weighted by Gasteiger charge is 2.72. The Morgan fingerprint density at radius 2 is 1.80 bits per heavy atom. The number of likely N-dealkylation sites (tertiary alicyclic amines) is 1. The number of aliphatic hydroxyl groups excluding tert-OH is 1. The second-order valence-electron chi connectivity index (χ2n) is 11.2. The second kappa shape index (κ2) is 11.0. The zero-order valence-electron chi connectivity index (χ0n) is 23.2. The lowest BCUT2D eigenvalue weighted by Gasteiger charge is -2.39. The molecular formula is C32H34ClN3O4S. The number of thioether (sulfide) groups is 1. The zero-order valence-corrected chi connectivity index (χ0v) is 24.7. The molecule has 214 valence electrons. The van der Waals surface area contributed by atoms with Crippen LogP contribution in [0.15, 0.2) is 72.8 Å². The van der Waals surface area contributed by atoms with Crippen LogP contribution in [0, 0.1) is 18.8 Å². The van der Waals surface area contributed by atoms with Gasteiger partial charge < -0.3 is 19.8 Å². The third-order valence-corrected chi connectivity index (χ3v) is 10.9. The van der Waals surface area contributed by atoms with Crippen LogP contribution in [-0.4, -0.2) is 74.9 Å². The molecule has 2 aromatic carbocycles. The van der Waals surface area contributed by atoms with Crippen LogP contribution in [-0.2, 0) is 14.4 Å². The zero-order chi connectivity index (χ0) is 28.9. The highest BCUT2D eigenvalue weighted by molar-refractivity contribution is 8.02. The van der Waals surface area contributed by atoms with Crippen LogP contribution in [0.2, 0.25) is 5.02 Å². The number of para-hydroxylation sites is 1. The Balaban J connectivity index is 1.53. The van der Waals surface area contributed by atoms with Crippen molar-refractivity contribution in [1.82, 2.24) is 9.80 Å². The van der Waals surface area contributed by atoms with E-state index in [2.05, 4.69) is 0 Å². The molecule has 9 heteroatoms. The standard InChI is InChI=1S/C32H34ClN3O4S/c1-3-16-34-17-8-14-24-25(29(34)38)26-30(39)36(23(19-37)21-11-5-4-6-12-21)28-31(40)35(18-9-15-32(26,28)41-24)27-20(2)10-7-13-22(27)33/h4-15,23-26,28,37H,3,16-19H2,1-2H3/t23-,24+,25-,26+,28?,32+/m1/s1. The lowest BCUT2D eigenvalue weighted by atomic mass is 9.78. The number of hydrogen-bond donors (Lipinski definition) is 1. The van der Waals surface area contributed by atoms with Gasteiger partial charge in [-0.1, -0.05) is 85.3 Å². The van der Waals surface area contributed by atoms with E-state index in [1.165, 1.54) is 0 Å². The van der Waals surface area contributed by atoms with E-state index in [1.807, 2.05) is 85.5 Å². The fourth-order valence-corrected chi connectivity index (χ4v) is 9.45. The molecule has 4 aliphatic heterocycles. The molecule has 4 aliphatic rings. The molecule has 3 amide bonds. The van der Waals surface area contributed by atoms with Gasteiger partial charge in [-0.2, -0.15) is 0 Å². The van der Waals surface area contributed by atoms with Crippen molar-refractivity contribution >= 4 is 46.8 Å². The lowest BCUT2D eigenvalue weighted by molar-refractivity contribution is -0.144. The number of benzene rings is 2. The van der Waals surface area contributed by atoms with E-state index in [4.69, 9.17) is 11.6 Å². The maximum atomic E-state index is 14.8. The molecule has 4 heterocycles. The first-order valence-electron chi connectivity index (χ1n) is 14.2. The quantitative estimate of drug-likeness (QED) is 0.504. The Morgan fingerprint density at radius 1 is 1.02 bits per heavy atom. The smallest absolute Gasteiger partial charge is 0.251 e. The maximum Gasteiger partial charge on any atom is 0.251 e. The number of nitrogens with zero attached hydrogens (tertiary/aromatic N) is 3. The first-order valence-corrected chi connectivity index (χ1v) is 15.4. The number of anilines is 1. The fourth-order valence-electron chi connectivity index (χ4n) is 7.13. The number of amides is 3. The highest BCUT2D eigenvalue weighted by Crippen LogP contribution is 2.62. The van der Waals surface area contributed by atoms with Crippen LogP contribution in [0.25, 0.3) is 0 Å². The summed E-state index contributed by atoms with van der Waals surface area (Å²) in [5.74, 6) is -1.93. The molecule has 1 N–H and O–H groups in total. The van der Waals surface area contributed by atoms with E-state index in [-0.39, 0.29) is 36.1 Å². The largest absolute Gasteiger partial charge is 0.394 e. The number of carbonyl (C=O) groups excluding carboxylic acids is 3. The summed E-state index contributed by atoms with van der Waals surface area (Å²) in [6.07, 6.45) is 8.81. The van der Waals surface area contributed by atoms with Crippen LogP contribution < -0.4 is 4.90 Å². The molecule has 0 aliphatic carbocycles. The van der Waals surface area contributed by atoms with Crippen molar-refractivity contribution in [2.75, 3.05) is 31.1 Å². The van der Waals surface area contributed by atoms with E-state index in [0.717, 1.165) is 17.5 Å². The number of rotatable bonds is 6. The molecule has 6 rings (SSSR count). The van der Waals surface area contributed by atoms with Crippen LogP contribution in [0.5, 0.6) is 0 Å². The van der Waals surface area contributed by atoms with Gasteiger partial charge in [-0.15, -0.1) is 11.8 Å². The summed E-state index contributed by atoms with van der Waals surface area (Å²) in [6.45, 7) is 4.99. The Hall–Kier alpha value is -3.07. The highest BCUT2D eigenvalue weighted by atomic mass is 35.5. The SMILES string of the molecule is CCCN1CC=C[C@@H]2S[C@]34C=CCN(c5c(C)cccc5Cl)C(=O)C3N([C@H](CO)c3ccccc3)C(=O)[C@@H]4[C@@H]2C1=O. The van der Waals surface area contributed by atoms with Crippen LogP contribution in [0.4, 0.5) is 5.69 Å². The minimum absolute atomic E-state index is 0.0469. The van der Waals surface area contributed by atoms with Crippen LogP contribution >= 0.6 is 23.4 Å². The third kappa shape index (κ3) is 4.34. The van der Waals surface area contributed by atoms with Gasteiger partial charge in [0.2, 0.25) is 11.8 Å². The topological polar surface area (TPSA) is 81.2 Å².